The highest BCUT2D eigenvalue weighted by Gasteiger charge is 2.10. The molecule has 0 saturated carbocycles. The summed E-state index contributed by atoms with van der Waals surface area (Å²) < 4.78 is 0. The smallest absolute Gasteiger partial charge is 0.0781 e. The molecule has 3 heteroatoms. The number of aliphatic hydroxyl groups is 1. The van der Waals surface area contributed by atoms with Crippen LogP contribution in [0, 0.1) is 0 Å². The molecule has 1 N–H and O–H groups in total. The van der Waals surface area contributed by atoms with E-state index >= 15 is 0 Å². The molecule has 1 atom stereocenters. The molecule has 0 radical (unpaired) electrons. The fourth-order valence-corrected chi connectivity index (χ4v) is 2.14. The van der Waals surface area contributed by atoms with Gasteiger partial charge in [0.15, 0.2) is 0 Å². The number of benzene rings is 1. The van der Waals surface area contributed by atoms with Gasteiger partial charge in [-0.25, -0.2) is 0 Å². The van der Waals surface area contributed by atoms with Gasteiger partial charge in [0.05, 0.1) is 6.10 Å². The van der Waals surface area contributed by atoms with E-state index in [0.717, 1.165) is 29.9 Å². The standard InChI is InChI=1S/C16H20N2O/c1-13(19)15-8-3-4-9-16(15)18(2)12-10-14-7-5-6-11-17-14/h3-9,11,13,19H,10,12H2,1-2H3/t13-/m0/s1. The first-order valence-corrected chi connectivity index (χ1v) is 6.56. The largest absolute Gasteiger partial charge is 0.389 e. The van der Waals surface area contributed by atoms with Gasteiger partial charge in [-0.05, 0) is 25.1 Å². The van der Waals surface area contributed by atoms with E-state index in [1.54, 1.807) is 6.92 Å². The van der Waals surface area contributed by atoms with Gasteiger partial charge in [-0.15, -0.1) is 0 Å². The quantitative estimate of drug-likeness (QED) is 0.893. The number of pyridine rings is 1. The van der Waals surface area contributed by atoms with Crippen molar-refractivity contribution in [3.05, 3.63) is 59.9 Å². The number of aromatic nitrogens is 1. The Morgan fingerprint density at radius 2 is 1.89 bits per heavy atom. The Hall–Kier alpha value is -1.87. The van der Waals surface area contributed by atoms with Crippen molar-refractivity contribution in [2.75, 3.05) is 18.5 Å². The second-order valence-corrected chi connectivity index (χ2v) is 4.73. The maximum Gasteiger partial charge on any atom is 0.0781 e. The number of nitrogens with zero attached hydrogens (tertiary/aromatic N) is 2. The summed E-state index contributed by atoms with van der Waals surface area (Å²) in [5.41, 5.74) is 3.13. The highest BCUT2D eigenvalue weighted by atomic mass is 16.3. The maximum absolute atomic E-state index is 9.80. The van der Waals surface area contributed by atoms with E-state index in [9.17, 15) is 5.11 Å². The summed E-state index contributed by atoms with van der Waals surface area (Å²) in [5, 5.41) is 9.80. The normalized spacial score (nSPS) is 12.2. The maximum atomic E-state index is 9.80. The average Bonchev–Trinajstić information content (AvgIpc) is 2.46. The summed E-state index contributed by atoms with van der Waals surface area (Å²) in [6, 6.07) is 13.9. The van der Waals surface area contributed by atoms with Gasteiger partial charge >= 0.3 is 0 Å². The van der Waals surface area contributed by atoms with Crippen molar-refractivity contribution < 1.29 is 5.11 Å². The predicted molar refractivity (Wildman–Crippen MR) is 78.3 cm³/mol. The van der Waals surface area contributed by atoms with Gasteiger partial charge < -0.3 is 10.0 Å². The van der Waals surface area contributed by atoms with E-state index in [1.807, 2.05) is 55.7 Å². The first-order chi connectivity index (χ1) is 9.18. The van der Waals surface area contributed by atoms with Crippen LogP contribution in [-0.2, 0) is 6.42 Å². The lowest BCUT2D eigenvalue weighted by Crippen LogP contribution is -2.22. The Bertz CT molecular complexity index is 511. The topological polar surface area (TPSA) is 36.4 Å². The second-order valence-electron chi connectivity index (χ2n) is 4.73. The van der Waals surface area contributed by atoms with Crippen LogP contribution in [0.25, 0.3) is 0 Å². The number of para-hydroxylation sites is 1. The lowest BCUT2D eigenvalue weighted by Gasteiger charge is -2.23. The molecule has 1 heterocycles. The highest BCUT2D eigenvalue weighted by molar-refractivity contribution is 5.54. The molecule has 0 spiro atoms. The summed E-state index contributed by atoms with van der Waals surface area (Å²) in [5.74, 6) is 0. The van der Waals surface area contributed by atoms with E-state index in [-0.39, 0.29) is 0 Å². The van der Waals surface area contributed by atoms with E-state index in [1.165, 1.54) is 0 Å². The van der Waals surface area contributed by atoms with Crippen LogP contribution >= 0.6 is 0 Å². The van der Waals surface area contributed by atoms with E-state index in [0.29, 0.717) is 0 Å². The molecule has 0 fully saturated rings. The third-order valence-corrected chi connectivity index (χ3v) is 3.23. The van der Waals surface area contributed by atoms with Crippen molar-refractivity contribution in [1.82, 2.24) is 4.98 Å². The summed E-state index contributed by atoms with van der Waals surface area (Å²) in [6.45, 7) is 2.67. The van der Waals surface area contributed by atoms with Crippen molar-refractivity contribution in [3.8, 4) is 0 Å². The SMILES string of the molecule is C[C@H](O)c1ccccc1N(C)CCc1ccccn1. The third-order valence-electron chi connectivity index (χ3n) is 3.23. The second kappa shape index (κ2) is 6.34. The molecule has 0 aliphatic heterocycles. The molecule has 2 rings (SSSR count). The Labute approximate surface area is 114 Å². The zero-order valence-electron chi connectivity index (χ0n) is 11.5. The fraction of sp³-hybridized carbons (Fsp3) is 0.312. The number of rotatable bonds is 5. The Morgan fingerprint density at radius 3 is 2.58 bits per heavy atom. The van der Waals surface area contributed by atoms with E-state index in [4.69, 9.17) is 0 Å². The van der Waals surface area contributed by atoms with Gasteiger partial charge in [0, 0.05) is 43.2 Å². The number of anilines is 1. The molecule has 0 saturated heterocycles. The van der Waals surface area contributed by atoms with Crippen molar-refractivity contribution in [3.63, 3.8) is 0 Å². The molecular weight excluding hydrogens is 236 g/mol. The molecule has 3 nitrogen and oxygen atoms in total. The van der Waals surface area contributed by atoms with E-state index < -0.39 is 6.10 Å². The number of hydrogen-bond acceptors (Lipinski definition) is 3. The van der Waals surface area contributed by atoms with E-state index in [2.05, 4.69) is 9.88 Å². The lowest BCUT2D eigenvalue weighted by atomic mass is 10.1. The molecule has 0 aliphatic carbocycles. The van der Waals surface area contributed by atoms with Crippen LogP contribution in [-0.4, -0.2) is 23.7 Å². The average molecular weight is 256 g/mol. The van der Waals surface area contributed by atoms with Crippen LogP contribution in [0.1, 0.15) is 24.3 Å². The molecule has 0 bridgehead atoms. The summed E-state index contributed by atoms with van der Waals surface area (Å²) in [7, 11) is 2.05. The van der Waals surface area contributed by atoms with Crippen LogP contribution < -0.4 is 4.90 Å². The van der Waals surface area contributed by atoms with Gasteiger partial charge in [0.2, 0.25) is 0 Å². The number of hydrogen-bond donors (Lipinski definition) is 1. The van der Waals surface area contributed by atoms with Crippen LogP contribution in [0.2, 0.25) is 0 Å². The Balaban J connectivity index is 2.06. The van der Waals surface area contributed by atoms with Crippen molar-refractivity contribution in [1.29, 1.82) is 0 Å². The van der Waals surface area contributed by atoms with Crippen molar-refractivity contribution in [2.45, 2.75) is 19.4 Å². The molecular formula is C16H20N2O. The lowest BCUT2D eigenvalue weighted by molar-refractivity contribution is 0.199. The molecule has 100 valence electrons. The van der Waals surface area contributed by atoms with Crippen molar-refractivity contribution in [2.24, 2.45) is 0 Å². The Morgan fingerprint density at radius 1 is 1.16 bits per heavy atom. The third kappa shape index (κ3) is 3.55. The van der Waals surface area contributed by atoms with Crippen LogP contribution in [0.5, 0.6) is 0 Å². The van der Waals surface area contributed by atoms with Gasteiger partial charge in [0.25, 0.3) is 0 Å². The first kappa shape index (κ1) is 13.6. The van der Waals surface area contributed by atoms with Gasteiger partial charge in [-0.2, -0.15) is 0 Å². The number of likely N-dealkylation sites (N-methyl/N-ethyl adjacent to an activating group) is 1. The molecule has 0 aliphatic rings. The van der Waals surface area contributed by atoms with Gasteiger partial charge in [0.1, 0.15) is 0 Å². The van der Waals surface area contributed by atoms with Crippen LogP contribution in [0.15, 0.2) is 48.7 Å². The predicted octanol–water partition coefficient (Wildman–Crippen LogP) is 2.81. The molecule has 0 amide bonds. The number of aliphatic hydroxyl groups excluding tert-OH is 1. The summed E-state index contributed by atoms with van der Waals surface area (Å²) >= 11 is 0. The monoisotopic (exact) mass is 256 g/mol. The van der Waals surface area contributed by atoms with Gasteiger partial charge in [-0.1, -0.05) is 24.3 Å². The van der Waals surface area contributed by atoms with Crippen molar-refractivity contribution >= 4 is 5.69 Å². The highest BCUT2D eigenvalue weighted by Crippen LogP contribution is 2.25. The fourth-order valence-electron chi connectivity index (χ4n) is 2.14. The van der Waals surface area contributed by atoms with Gasteiger partial charge in [-0.3, -0.25) is 4.98 Å². The molecule has 1 aromatic heterocycles. The first-order valence-electron chi connectivity index (χ1n) is 6.56. The van der Waals surface area contributed by atoms with Crippen LogP contribution in [0.4, 0.5) is 5.69 Å². The zero-order chi connectivity index (χ0) is 13.7. The minimum atomic E-state index is -0.450. The molecule has 2 aromatic rings. The minimum absolute atomic E-state index is 0.450. The van der Waals surface area contributed by atoms with Crippen LogP contribution in [0.3, 0.4) is 0 Å². The summed E-state index contributed by atoms with van der Waals surface area (Å²) in [4.78, 5) is 6.49. The molecule has 19 heavy (non-hydrogen) atoms. The molecule has 1 aromatic carbocycles. The Kier molecular flexibility index (Phi) is 4.53. The minimum Gasteiger partial charge on any atom is -0.389 e. The summed E-state index contributed by atoms with van der Waals surface area (Å²) in [6.07, 6.45) is 2.26. The molecule has 0 unspecified atom stereocenters. The zero-order valence-corrected chi connectivity index (χ0v) is 11.5.